The summed E-state index contributed by atoms with van der Waals surface area (Å²) in [4.78, 5) is 32.1. The van der Waals surface area contributed by atoms with E-state index < -0.39 is 12.0 Å². The number of aromatic nitrogens is 1. The summed E-state index contributed by atoms with van der Waals surface area (Å²) in [5.74, 6) is 1.30. The molecule has 2 aromatic carbocycles. The number of carbonyl (C=O) groups excluding carboxylic acids is 1. The monoisotopic (exact) mass is 538 g/mol. The summed E-state index contributed by atoms with van der Waals surface area (Å²) in [6, 6.07) is 12.0. The highest BCUT2D eigenvalue weighted by atomic mass is 32.1. The van der Waals surface area contributed by atoms with Gasteiger partial charge in [0.25, 0.3) is 5.56 Å². The van der Waals surface area contributed by atoms with Crippen molar-refractivity contribution < 1.29 is 28.5 Å². The quantitative estimate of drug-likeness (QED) is 0.289. The van der Waals surface area contributed by atoms with Crippen LogP contribution in [0.4, 0.5) is 0 Å². The first-order chi connectivity index (χ1) is 18.4. The maximum Gasteiger partial charge on any atom is 0.338 e. The normalized spacial score (nSPS) is 15.1. The first-order valence-electron chi connectivity index (χ1n) is 12.0. The maximum atomic E-state index is 13.8. The molecule has 4 rings (SSSR count). The van der Waals surface area contributed by atoms with Crippen molar-refractivity contribution in [2.24, 2.45) is 4.99 Å². The molecule has 9 nitrogen and oxygen atoms in total. The topological polar surface area (TPSA) is 97.6 Å². The second kappa shape index (κ2) is 12.1. The summed E-state index contributed by atoms with van der Waals surface area (Å²) < 4.78 is 28.8. The van der Waals surface area contributed by atoms with E-state index in [1.165, 1.54) is 18.4 Å². The predicted molar refractivity (Wildman–Crippen MR) is 144 cm³/mol. The number of rotatable bonds is 10. The van der Waals surface area contributed by atoms with Crippen LogP contribution in [-0.2, 0) is 14.3 Å². The number of methoxy groups -OCH3 is 3. The van der Waals surface area contributed by atoms with E-state index in [-0.39, 0.29) is 18.8 Å². The molecule has 0 bridgehead atoms. The van der Waals surface area contributed by atoms with Crippen LogP contribution in [0.2, 0.25) is 0 Å². The largest absolute Gasteiger partial charge is 0.494 e. The van der Waals surface area contributed by atoms with Crippen LogP contribution < -0.4 is 29.1 Å². The molecule has 10 heteroatoms. The van der Waals surface area contributed by atoms with Gasteiger partial charge in [0.2, 0.25) is 0 Å². The molecule has 0 radical (unpaired) electrons. The van der Waals surface area contributed by atoms with E-state index in [1.807, 2.05) is 37.3 Å². The Kier molecular flexibility index (Phi) is 8.65. The van der Waals surface area contributed by atoms with E-state index >= 15 is 0 Å². The summed E-state index contributed by atoms with van der Waals surface area (Å²) in [7, 11) is 4.66. The van der Waals surface area contributed by atoms with Crippen LogP contribution in [0.25, 0.3) is 6.08 Å². The fourth-order valence-corrected chi connectivity index (χ4v) is 5.25. The number of fused-ring (bicyclic) bond motifs is 1. The third kappa shape index (κ3) is 5.51. The lowest BCUT2D eigenvalue weighted by Crippen LogP contribution is -2.40. The standard InChI is InChI=1S/C28H30N2O7S/c1-6-36-20-10-8-19(9-11-20)25-24(27(32)37-14-13-33-3)17(2)29-28-30(25)26(31)23(38-28)16-18-7-12-21(34-4)22(15-18)35-5/h7-12,15-16,25H,6,13-14H2,1-5H3/b23-16-. The van der Waals surface area contributed by atoms with E-state index in [2.05, 4.69) is 4.99 Å². The van der Waals surface area contributed by atoms with Gasteiger partial charge in [-0.05, 0) is 55.3 Å². The Morgan fingerprint density at radius 3 is 2.45 bits per heavy atom. The zero-order valence-electron chi connectivity index (χ0n) is 22.0. The molecule has 1 atom stereocenters. The van der Waals surface area contributed by atoms with Gasteiger partial charge in [-0.3, -0.25) is 9.36 Å². The van der Waals surface area contributed by atoms with Gasteiger partial charge < -0.3 is 23.7 Å². The molecule has 1 unspecified atom stereocenters. The Hall–Kier alpha value is -3.89. The molecule has 0 N–H and O–H groups in total. The van der Waals surface area contributed by atoms with Crippen molar-refractivity contribution in [1.29, 1.82) is 0 Å². The summed E-state index contributed by atoms with van der Waals surface area (Å²) >= 11 is 1.25. The third-order valence-electron chi connectivity index (χ3n) is 5.97. The lowest BCUT2D eigenvalue weighted by Gasteiger charge is -2.25. The SMILES string of the molecule is CCOc1ccc(C2C(C(=O)OCCOC)=C(C)N=c3s/c(=C\c4ccc(OC)c(OC)c4)c(=O)n32)cc1. The Balaban J connectivity index is 1.86. The number of thiazole rings is 1. The molecular formula is C28H30N2O7S. The van der Waals surface area contributed by atoms with Crippen LogP contribution in [0, 0.1) is 0 Å². The van der Waals surface area contributed by atoms with Gasteiger partial charge in [-0.1, -0.05) is 29.5 Å². The summed E-state index contributed by atoms with van der Waals surface area (Å²) in [5, 5.41) is 0. The molecule has 0 saturated heterocycles. The molecule has 1 aliphatic heterocycles. The van der Waals surface area contributed by atoms with Gasteiger partial charge in [0.1, 0.15) is 12.4 Å². The maximum absolute atomic E-state index is 13.8. The highest BCUT2D eigenvalue weighted by Crippen LogP contribution is 2.32. The Labute approximate surface area is 224 Å². The molecule has 200 valence electrons. The van der Waals surface area contributed by atoms with E-state index in [1.54, 1.807) is 43.9 Å². The first kappa shape index (κ1) is 27.2. The van der Waals surface area contributed by atoms with Crippen molar-refractivity contribution in [2.75, 3.05) is 41.2 Å². The molecule has 1 aromatic heterocycles. The minimum Gasteiger partial charge on any atom is -0.494 e. The van der Waals surface area contributed by atoms with Gasteiger partial charge >= 0.3 is 5.97 Å². The van der Waals surface area contributed by atoms with Crippen LogP contribution in [0.1, 0.15) is 31.0 Å². The van der Waals surface area contributed by atoms with Crippen molar-refractivity contribution in [1.82, 2.24) is 4.57 Å². The number of carbonyl (C=O) groups is 1. The highest BCUT2D eigenvalue weighted by Gasteiger charge is 2.33. The van der Waals surface area contributed by atoms with Crippen molar-refractivity contribution in [2.45, 2.75) is 19.9 Å². The summed E-state index contributed by atoms with van der Waals surface area (Å²) in [5.41, 5.74) is 2.03. The Morgan fingerprint density at radius 2 is 1.79 bits per heavy atom. The van der Waals surface area contributed by atoms with Crippen molar-refractivity contribution in [3.05, 3.63) is 84.5 Å². The van der Waals surface area contributed by atoms with Crippen LogP contribution in [-0.4, -0.2) is 51.7 Å². The van der Waals surface area contributed by atoms with Crippen molar-refractivity contribution >= 4 is 23.4 Å². The van der Waals surface area contributed by atoms with Gasteiger partial charge in [-0.2, -0.15) is 0 Å². The van der Waals surface area contributed by atoms with Gasteiger partial charge in [-0.15, -0.1) is 0 Å². The number of benzene rings is 2. The van der Waals surface area contributed by atoms with E-state index in [0.717, 1.165) is 11.1 Å². The summed E-state index contributed by atoms with van der Waals surface area (Å²) in [6.07, 6.45) is 1.77. The Bertz CT molecular complexity index is 1520. The van der Waals surface area contributed by atoms with Crippen LogP contribution >= 0.6 is 11.3 Å². The van der Waals surface area contributed by atoms with Gasteiger partial charge in [-0.25, -0.2) is 9.79 Å². The van der Waals surface area contributed by atoms with Gasteiger partial charge in [0.15, 0.2) is 16.3 Å². The lowest BCUT2D eigenvalue weighted by atomic mass is 9.96. The van der Waals surface area contributed by atoms with Crippen molar-refractivity contribution in [3.8, 4) is 17.2 Å². The number of esters is 1. The van der Waals surface area contributed by atoms with E-state index in [0.29, 0.717) is 44.5 Å². The number of hydrogen-bond donors (Lipinski definition) is 0. The highest BCUT2D eigenvalue weighted by molar-refractivity contribution is 7.07. The molecule has 0 fully saturated rings. The number of nitrogens with zero attached hydrogens (tertiary/aromatic N) is 2. The zero-order chi connectivity index (χ0) is 27.2. The van der Waals surface area contributed by atoms with Crippen molar-refractivity contribution in [3.63, 3.8) is 0 Å². The lowest BCUT2D eigenvalue weighted by molar-refractivity contribution is -0.140. The Morgan fingerprint density at radius 1 is 1.05 bits per heavy atom. The molecule has 3 aromatic rings. The molecule has 0 spiro atoms. The fourth-order valence-electron chi connectivity index (χ4n) is 4.20. The third-order valence-corrected chi connectivity index (χ3v) is 6.96. The van der Waals surface area contributed by atoms with Crippen LogP contribution in [0.3, 0.4) is 0 Å². The molecule has 0 amide bonds. The summed E-state index contributed by atoms with van der Waals surface area (Å²) in [6.45, 7) is 4.54. The molecule has 0 aliphatic carbocycles. The smallest absolute Gasteiger partial charge is 0.338 e. The minimum atomic E-state index is -0.718. The van der Waals surface area contributed by atoms with E-state index in [9.17, 15) is 9.59 Å². The number of hydrogen-bond acceptors (Lipinski definition) is 9. The molecule has 1 aliphatic rings. The van der Waals surface area contributed by atoms with Gasteiger partial charge in [0, 0.05) is 7.11 Å². The van der Waals surface area contributed by atoms with Crippen LogP contribution in [0.5, 0.6) is 17.2 Å². The molecule has 0 saturated carbocycles. The molecular weight excluding hydrogens is 508 g/mol. The van der Waals surface area contributed by atoms with E-state index in [4.69, 9.17) is 23.7 Å². The zero-order valence-corrected chi connectivity index (χ0v) is 22.8. The number of ether oxygens (including phenoxy) is 5. The van der Waals surface area contributed by atoms with Crippen LogP contribution in [0.15, 0.2) is 63.5 Å². The first-order valence-corrected chi connectivity index (χ1v) is 12.9. The number of allylic oxidation sites excluding steroid dienone is 1. The second-order valence-electron chi connectivity index (χ2n) is 8.33. The predicted octanol–water partition coefficient (Wildman–Crippen LogP) is 2.84. The second-order valence-corrected chi connectivity index (χ2v) is 9.34. The average Bonchev–Trinajstić information content (AvgIpc) is 3.22. The van der Waals surface area contributed by atoms with Gasteiger partial charge in [0.05, 0.1) is 49.3 Å². The molecule has 2 heterocycles. The minimum absolute atomic E-state index is 0.0891. The fraction of sp³-hybridized carbons (Fsp3) is 0.321. The molecule has 38 heavy (non-hydrogen) atoms. The average molecular weight is 539 g/mol.